The predicted molar refractivity (Wildman–Crippen MR) is 107 cm³/mol. The molecule has 0 unspecified atom stereocenters. The topological polar surface area (TPSA) is 21.5 Å². The summed E-state index contributed by atoms with van der Waals surface area (Å²) in [6.45, 7) is 0. The molecule has 0 atom stereocenters. The van der Waals surface area contributed by atoms with Gasteiger partial charge in [0.1, 0.15) is 25.6 Å². The summed E-state index contributed by atoms with van der Waals surface area (Å²) in [5.41, 5.74) is 5.63. The Kier molecular flexibility index (Phi) is 5.37. The fourth-order valence-electron chi connectivity index (χ4n) is 3.01. The fourth-order valence-corrected chi connectivity index (χ4v) is 3.01. The van der Waals surface area contributed by atoms with E-state index in [1.165, 1.54) is 5.71 Å². The summed E-state index contributed by atoms with van der Waals surface area (Å²) < 4.78 is 13.1. The molecule has 0 amide bonds. The van der Waals surface area contributed by atoms with Gasteiger partial charge in [-0.05, 0) is 41.0 Å². The van der Waals surface area contributed by atoms with Crippen LogP contribution >= 0.6 is 0 Å². The number of nitrogens with zero attached hydrogens (tertiary/aromatic N) is 1. The average molecular weight is 346 g/mol. The molecular weight excluding hydrogens is 322 g/mol. The highest BCUT2D eigenvalue weighted by Gasteiger charge is 2.16. The Balaban J connectivity index is 2.22. The molecular formula is C23H24NO2+. The predicted octanol–water partition coefficient (Wildman–Crippen LogP) is 4.34. The minimum Gasteiger partial charge on any atom is -0.497 e. The van der Waals surface area contributed by atoms with Crippen LogP contribution in [-0.4, -0.2) is 38.6 Å². The first kappa shape index (κ1) is 17.7. The summed E-state index contributed by atoms with van der Waals surface area (Å²) in [5, 5.41) is 0. The maximum absolute atomic E-state index is 5.66. The first-order valence-electron chi connectivity index (χ1n) is 8.56. The lowest BCUT2D eigenvalue weighted by atomic mass is 9.90. The van der Waals surface area contributed by atoms with Gasteiger partial charge in [0.2, 0.25) is 0 Å². The van der Waals surface area contributed by atoms with Crippen LogP contribution in [0.25, 0.3) is 5.57 Å². The van der Waals surface area contributed by atoms with Crippen molar-refractivity contribution in [3.8, 4) is 11.5 Å². The second kappa shape index (κ2) is 7.87. The SMILES string of the molecule is COc1ccc(C(=C2C=CC(=[N+](C)C)C=C2)c2ccccc2)c(OC)c1. The smallest absolute Gasteiger partial charge is 0.199 e. The molecule has 0 fully saturated rings. The van der Waals surface area contributed by atoms with E-state index in [0.717, 1.165) is 33.8 Å². The highest BCUT2D eigenvalue weighted by molar-refractivity contribution is 6.04. The van der Waals surface area contributed by atoms with Crippen LogP contribution in [-0.2, 0) is 0 Å². The van der Waals surface area contributed by atoms with Gasteiger partial charge in [-0.15, -0.1) is 0 Å². The zero-order valence-electron chi connectivity index (χ0n) is 15.7. The Bertz CT molecular complexity index is 896. The number of allylic oxidation sites excluding steroid dienone is 5. The van der Waals surface area contributed by atoms with Crippen LogP contribution in [0.4, 0.5) is 0 Å². The van der Waals surface area contributed by atoms with Crippen LogP contribution in [0, 0.1) is 0 Å². The molecule has 2 aromatic rings. The molecule has 0 saturated carbocycles. The van der Waals surface area contributed by atoms with Crippen LogP contribution < -0.4 is 9.47 Å². The third-order valence-electron chi connectivity index (χ3n) is 4.41. The molecule has 3 heteroatoms. The number of hydrogen-bond acceptors (Lipinski definition) is 2. The Morgan fingerprint density at radius 2 is 1.50 bits per heavy atom. The molecule has 0 spiro atoms. The Hall–Kier alpha value is -3.07. The first-order chi connectivity index (χ1) is 12.6. The van der Waals surface area contributed by atoms with Crippen LogP contribution in [0.3, 0.4) is 0 Å². The van der Waals surface area contributed by atoms with Gasteiger partial charge in [0.25, 0.3) is 0 Å². The summed E-state index contributed by atoms with van der Waals surface area (Å²) in [4.78, 5) is 0. The molecule has 132 valence electrons. The van der Waals surface area contributed by atoms with E-state index in [9.17, 15) is 0 Å². The molecule has 0 radical (unpaired) electrons. The molecule has 0 saturated heterocycles. The molecule has 0 N–H and O–H groups in total. The van der Waals surface area contributed by atoms with Crippen molar-refractivity contribution in [3.05, 3.63) is 89.5 Å². The average Bonchev–Trinajstić information content (AvgIpc) is 2.69. The first-order valence-corrected chi connectivity index (χ1v) is 8.56. The zero-order chi connectivity index (χ0) is 18.5. The Morgan fingerprint density at radius 1 is 0.808 bits per heavy atom. The summed E-state index contributed by atoms with van der Waals surface area (Å²) in [7, 11) is 7.44. The summed E-state index contributed by atoms with van der Waals surface area (Å²) >= 11 is 0. The zero-order valence-corrected chi connectivity index (χ0v) is 15.7. The summed E-state index contributed by atoms with van der Waals surface area (Å²) in [6.07, 6.45) is 8.57. The van der Waals surface area contributed by atoms with Crippen molar-refractivity contribution in [1.82, 2.24) is 0 Å². The fraction of sp³-hybridized carbons (Fsp3) is 0.174. The molecule has 3 rings (SSSR count). The van der Waals surface area contributed by atoms with Crippen molar-refractivity contribution in [2.24, 2.45) is 0 Å². The van der Waals surface area contributed by atoms with E-state index in [1.807, 2.05) is 32.3 Å². The molecule has 3 nitrogen and oxygen atoms in total. The van der Waals surface area contributed by atoms with E-state index in [1.54, 1.807) is 14.2 Å². The largest absolute Gasteiger partial charge is 0.497 e. The normalized spacial score (nSPS) is 12.9. The third kappa shape index (κ3) is 3.62. The number of rotatable bonds is 4. The minimum absolute atomic E-state index is 0.779. The third-order valence-corrected chi connectivity index (χ3v) is 4.41. The van der Waals surface area contributed by atoms with Gasteiger partial charge in [0, 0.05) is 23.8 Å². The molecule has 0 aromatic heterocycles. The van der Waals surface area contributed by atoms with Crippen LogP contribution in [0.2, 0.25) is 0 Å². The van der Waals surface area contributed by atoms with Gasteiger partial charge in [0.15, 0.2) is 5.71 Å². The molecule has 1 aliphatic carbocycles. The standard InChI is InChI=1S/C23H24NO2/c1-24(2)19-12-10-18(11-13-19)23(17-8-6-5-7-9-17)21-15-14-20(25-3)16-22(21)26-4/h5-16H,1-4H3/q+1. The molecule has 1 aliphatic rings. The lowest BCUT2D eigenvalue weighted by Gasteiger charge is -2.17. The van der Waals surface area contributed by atoms with E-state index in [4.69, 9.17) is 9.47 Å². The molecule has 26 heavy (non-hydrogen) atoms. The molecule has 0 bridgehead atoms. The number of methoxy groups -OCH3 is 2. The number of hydrogen-bond donors (Lipinski definition) is 0. The van der Waals surface area contributed by atoms with Gasteiger partial charge < -0.3 is 9.47 Å². The van der Waals surface area contributed by atoms with E-state index in [2.05, 4.69) is 59.2 Å². The highest BCUT2D eigenvalue weighted by atomic mass is 16.5. The van der Waals surface area contributed by atoms with Crippen LogP contribution in [0.15, 0.2) is 78.4 Å². The second-order valence-electron chi connectivity index (χ2n) is 6.25. The summed E-state index contributed by atoms with van der Waals surface area (Å²) in [6, 6.07) is 16.3. The number of benzene rings is 2. The molecule has 0 heterocycles. The number of ether oxygens (including phenoxy) is 2. The second-order valence-corrected chi connectivity index (χ2v) is 6.25. The van der Waals surface area contributed by atoms with Gasteiger partial charge in [-0.3, -0.25) is 0 Å². The molecule has 0 aliphatic heterocycles. The van der Waals surface area contributed by atoms with E-state index < -0.39 is 0 Å². The van der Waals surface area contributed by atoms with Gasteiger partial charge in [-0.1, -0.05) is 30.3 Å². The lowest BCUT2D eigenvalue weighted by Crippen LogP contribution is -2.10. The van der Waals surface area contributed by atoms with Crippen molar-refractivity contribution in [1.29, 1.82) is 0 Å². The van der Waals surface area contributed by atoms with Crippen molar-refractivity contribution >= 4 is 11.3 Å². The van der Waals surface area contributed by atoms with Crippen molar-refractivity contribution < 1.29 is 14.0 Å². The maximum Gasteiger partial charge on any atom is 0.199 e. The monoisotopic (exact) mass is 346 g/mol. The van der Waals surface area contributed by atoms with Crippen LogP contribution in [0.1, 0.15) is 11.1 Å². The molecule has 2 aromatic carbocycles. The minimum atomic E-state index is 0.779. The van der Waals surface area contributed by atoms with E-state index in [0.29, 0.717) is 0 Å². The Morgan fingerprint density at radius 3 is 2.08 bits per heavy atom. The summed E-state index contributed by atoms with van der Waals surface area (Å²) in [5.74, 6) is 1.57. The van der Waals surface area contributed by atoms with Gasteiger partial charge in [0.05, 0.1) is 14.2 Å². The van der Waals surface area contributed by atoms with Crippen LogP contribution in [0.5, 0.6) is 11.5 Å². The highest BCUT2D eigenvalue weighted by Crippen LogP contribution is 2.37. The maximum atomic E-state index is 5.66. The van der Waals surface area contributed by atoms with Crippen molar-refractivity contribution in [3.63, 3.8) is 0 Å². The van der Waals surface area contributed by atoms with Gasteiger partial charge >= 0.3 is 0 Å². The van der Waals surface area contributed by atoms with Crippen molar-refractivity contribution in [2.45, 2.75) is 0 Å². The Labute approximate surface area is 155 Å². The van der Waals surface area contributed by atoms with Gasteiger partial charge in [-0.2, -0.15) is 0 Å². The quantitative estimate of drug-likeness (QED) is 0.768. The van der Waals surface area contributed by atoms with E-state index >= 15 is 0 Å². The van der Waals surface area contributed by atoms with Gasteiger partial charge in [-0.25, -0.2) is 4.58 Å². The lowest BCUT2D eigenvalue weighted by molar-refractivity contribution is -0.462. The van der Waals surface area contributed by atoms with E-state index in [-0.39, 0.29) is 0 Å². The van der Waals surface area contributed by atoms with Crippen molar-refractivity contribution in [2.75, 3.05) is 28.3 Å².